The van der Waals surface area contributed by atoms with E-state index in [9.17, 15) is 0 Å². The van der Waals surface area contributed by atoms with E-state index in [-0.39, 0.29) is 0 Å². The first-order chi connectivity index (χ1) is 8.63. The van der Waals surface area contributed by atoms with Crippen molar-refractivity contribution in [2.75, 3.05) is 7.11 Å². The summed E-state index contributed by atoms with van der Waals surface area (Å²) in [5, 5.41) is 2.07. The molecule has 1 heterocycles. The lowest BCUT2D eigenvalue weighted by Crippen LogP contribution is -2.32. The van der Waals surface area contributed by atoms with E-state index in [4.69, 9.17) is 16.3 Å². The Morgan fingerprint density at radius 2 is 2.00 bits per heavy atom. The average molecular weight is 266 g/mol. The van der Waals surface area contributed by atoms with Crippen molar-refractivity contribution in [2.24, 2.45) is 0 Å². The van der Waals surface area contributed by atoms with Crippen LogP contribution in [0.15, 0.2) is 31.4 Å². The second kappa shape index (κ2) is 8.54. The fourth-order valence-electron chi connectivity index (χ4n) is 1.42. The van der Waals surface area contributed by atoms with E-state index in [0.29, 0.717) is 10.8 Å². The van der Waals surface area contributed by atoms with Crippen LogP contribution in [0.25, 0.3) is 11.8 Å². The number of aromatic nitrogens is 1. The molecule has 0 amide bonds. The van der Waals surface area contributed by atoms with Crippen LogP contribution < -0.4 is 10.6 Å². The van der Waals surface area contributed by atoms with E-state index in [2.05, 4.69) is 18.1 Å². The van der Waals surface area contributed by atoms with Gasteiger partial charge in [-0.25, -0.2) is 0 Å². The lowest BCUT2D eigenvalue weighted by molar-refractivity contribution is 0.370. The number of methoxy groups -OCH3 is 1. The normalized spacial score (nSPS) is 12.2. The van der Waals surface area contributed by atoms with Crippen LogP contribution in [0, 0.1) is 6.92 Å². The van der Waals surface area contributed by atoms with E-state index in [1.165, 1.54) is 0 Å². The Hall–Kier alpha value is -1.54. The van der Waals surface area contributed by atoms with Gasteiger partial charge in [-0.05, 0) is 25.1 Å². The van der Waals surface area contributed by atoms with Crippen LogP contribution >= 0.6 is 11.6 Å². The van der Waals surface area contributed by atoms with Crippen LogP contribution in [0.4, 0.5) is 0 Å². The minimum absolute atomic E-state index is 0.595. The van der Waals surface area contributed by atoms with Crippen molar-refractivity contribution in [3.05, 3.63) is 52.7 Å². The van der Waals surface area contributed by atoms with Gasteiger partial charge in [0.05, 0.1) is 22.7 Å². The maximum atomic E-state index is 6.18. The van der Waals surface area contributed by atoms with Crippen molar-refractivity contribution >= 4 is 23.4 Å². The zero-order chi connectivity index (χ0) is 14.1. The molecule has 0 atom stereocenters. The van der Waals surface area contributed by atoms with Gasteiger partial charge in [-0.15, -0.1) is 0 Å². The third kappa shape index (κ3) is 4.04. The second-order valence-corrected chi connectivity index (χ2v) is 3.59. The molecule has 1 rings (SSSR count). The maximum Gasteiger partial charge on any atom is 0.129 e. The quantitative estimate of drug-likeness (QED) is 0.838. The molecule has 2 nitrogen and oxygen atoms in total. The van der Waals surface area contributed by atoms with Crippen LogP contribution in [0.5, 0.6) is 0 Å². The van der Waals surface area contributed by atoms with Crippen LogP contribution in [-0.4, -0.2) is 12.1 Å². The number of hydrogen-bond acceptors (Lipinski definition) is 2. The van der Waals surface area contributed by atoms with Gasteiger partial charge in [0.15, 0.2) is 0 Å². The minimum atomic E-state index is 0.595. The highest BCUT2D eigenvalue weighted by atomic mass is 35.5. The Kier molecular flexibility index (Phi) is 7.81. The first-order valence-corrected chi connectivity index (χ1v) is 6.18. The minimum Gasteiger partial charge on any atom is -0.496 e. The van der Waals surface area contributed by atoms with Gasteiger partial charge in [0.2, 0.25) is 0 Å². The molecule has 0 aromatic carbocycles. The Labute approximate surface area is 114 Å². The standard InChI is InChI=1S/C13H14ClNO.C2H6/c1-5-7-11-13(12(6-2)16-4)10(14)8-9(3)15-11;1-2/h5-8H,1-2H2,3-4H3;1-2H3/b11-7+,13-12+;. The molecule has 0 radical (unpaired) electrons. The summed E-state index contributed by atoms with van der Waals surface area (Å²) in [4.78, 5) is 4.38. The molecule has 98 valence electrons. The first-order valence-electron chi connectivity index (χ1n) is 5.80. The van der Waals surface area contributed by atoms with Crippen molar-refractivity contribution in [1.82, 2.24) is 4.98 Å². The molecule has 0 unspecified atom stereocenters. The van der Waals surface area contributed by atoms with E-state index in [0.717, 1.165) is 16.3 Å². The predicted octanol–water partition coefficient (Wildman–Crippen LogP) is 2.98. The summed E-state index contributed by atoms with van der Waals surface area (Å²) in [5.41, 5.74) is 0.848. The van der Waals surface area contributed by atoms with E-state index in [1.807, 2.05) is 20.8 Å². The summed E-state index contributed by atoms with van der Waals surface area (Å²) in [6.07, 6.45) is 5.06. The SMILES string of the molecule is C=C/C=c1/nc(C)cc(Cl)/c1=C(/C=C)OC.CC. The van der Waals surface area contributed by atoms with Gasteiger partial charge in [0.25, 0.3) is 0 Å². The van der Waals surface area contributed by atoms with Crippen molar-refractivity contribution in [1.29, 1.82) is 0 Å². The number of rotatable bonds is 3. The fourth-order valence-corrected chi connectivity index (χ4v) is 1.77. The molecule has 0 aliphatic carbocycles. The lowest BCUT2D eigenvalue weighted by atomic mass is 10.2. The number of allylic oxidation sites excluding steroid dienone is 1. The van der Waals surface area contributed by atoms with Crippen LogP contribution in [0.2, 0.25) is 5.02 Å². The molecule has 1 aromatic rings. The van der Waals surface area contributed by atoms with Crippen molar-refractivity contribution in [2.45, 2.75) is 20.8 Å². The van der Waals surface area contributed by atoms with Gasteiger partial charge in [-0.1, -0.05) is 44.7 Å². The third-order valence-electron chi connectivity index (χ3n) is 2.05. The highest BCUT2D eigenvalue weighted by molar-refractivity contribution is 6.30. The maximum absolute atomic E-state index is 6.18. The molecule has 0 aliphatic rings. The summed E-state index contributed by atoms with van der Waals surface area (Å²) >= 11 is 6.18. The zero-order valence-corrected chi connectivity index (χ0v) is 12.2. The molecular weight excluding hydrogens is 246 g/mol. The van der Waals surface area contributed by atoms with Gasteiger partial charge in [0, 0.05) is 5.69 Å². The fraction of sp³-hybridized carbons (Fsp3) is 0.267. The summed E-state index contributed by atoms with van der Waals surface area (Å²) in [6, 6.07) is 1.79. The van der Waals surface area contributed by atoms with Crippen LogP contribution in [0.1, 0.15) is 19.5 Å². The van der Waals surface area contributed by atoms with Crippen molar-refractivity contribution in [3.63, 3.8) is 0 Å². The molecule has 0 spiro atoms. The molecule has 0 fully saturated rings. The molecule has 18 heavy (non-hydrogen) atoms. The van der Waals surface area contributed by atoms with E-state index in [1.54, 1.807) is 31.4 Å². The molecule has 1 aromatic heterocycles. The average Bonchev–Trinajstić information content (AvgIpc) is 2.36. The van der Waals surface area contributed by atoms with E-state index < -0.39 is 0 Å². The summed E-state index contributed by atoms with van der Waals surface area (Å²) in [5.74, 6) is 0.602. The molecule has 3 heteroatoms. The molecular formula is C15H20ClNO. The Bertz CT molecular complexity index is 532. The van der Waals surface area contributed by atoms with Gasteiger partial charge in [0.1, 0.15) is 5.76 Å². The Morgan fingerprint density at radius 3 is 2.44 bits per heavy atom. The van der Waals surface area contributed by atoms with Crippen molar-refractivity contribution < 1.29 is 4.74 Å². The number of ether oxygens (including phenoxy) is 1. The monoisotopic (exact) mass is 265 g/mol. The van der Waals surface area contributed by atoms with Gasteiger partial charge in [-0.3, -0.25) is 4.98 Å². The molecule has 0 saturated heterocycles. The lowest BCUT2D eigenvalue weighted by Gasteiger charge is -2.03. The van der Waals surface area contributed by atoms with Crippen molar-refractivity contribution in [3.8, 4) is 0 Å². The number of nitrogens with zero attached hydrogens (tertiary/aromatic N) is 1. The van der Waals surface area contributed by atoms with Gasteiger partial charge in [-0.2, -0.15) is 0 Å². The Balaban J connectivity index is 0.00000137. The topological polar surface area (TPSA) is 22.1 Å². The molecule has 0 N–H and O–H groups in total. The van der Waals surface area contributed by atoms with Gasteiger partial charge >= 0.3 is 0 Å². The summed E-state index contributed by atoms with van der Waals surface area (Å²) in [7, 11) is 1.57. The van der Waals surface area contributed by atoms with E-state index >= 15 is 0 Å². The summed E-state index contributed by atoms with van der Waals surface area (Å²) in [6.45, 7) is 13.2. The molecule has 0 saturated carbocycles. The smallest absolute Gasteiger partial charge is 0.129 e. The number of aryl methyl sites for hydroxylation is 1. The summed E-state index contributed by atoms with van der Waals surface area (Å²) < 4.78 is 5.21. The number of hydrogen-bond donors (Lipinski definition) is 0. The second-order valence-electron chi connectivity index (χ2n) is 3.18. The number of pyridine rings is 1. The molecule has 0 bridgehead atoms. The van der Waals surface area contributed by atoms with Crippen LogP contribution in [0.3, 0.4) is 0 Å². The molecule has 0 aliphatic heterocycles. The largest absolute Gasteiger partial charge is 0.496 e. The number of halogens is 1. The Morgan fingerprint density at radius 1 is 1.39 bits per heavy atom. The highest BCUT2D eigenvalue weighted by Gasteiger charge is 2.02. The predicted molar refractivity (Wildman–Crippen MR) is 79.9 cm³/mol. The zero-order valence-electron chi connectivity index (χ0n) is 11.5. The highest BCUT2D eigenvalue weighted by Crippen LogP contribution is 2.03. The van der Waals surface area contributed by atoms with Crippen LogP contribution in [-0.2, 0) is 4.74 Å². The third-order valence-corrected chi connectivity index (χ3v) is 2.35. The van der Waals surface area contributed by atoms with Gasteiger partial charge < -0.3 is 4.74 Å². The first kappa shape index (κ1) is 16.5.